The minimum Gasteiger partial charge on any atom is -0.342 e. The SMILES string of the molecule is O=C(CCN1CCCC1=O)N1CCNCC1. The lowest BCUT2D eigenvalue weighted by molar-refractivity contribution is -0.133. The van der Waals surface area contributed by atoms with Crippen LogP contribution >= 0.6 is 0 Å². The Hall–Kier alpha value is -1.10. The van der Waals surface area contributed by atoms with Crippen molar-refractivity contribution in [3.63, 3.8) is 0 Å². The molecule has 5 nitrogen and oxygen atoms in total. The van der Waals surface area contributed by atoms with E-state index in [0.717, 1.165) is 39.1 Å². The molecule has 2 fully saturated rings. The highest BCUT2D eigenvalue weighted by Gasteiger charge is 2.22. The second kappa shape index (κ2) is 5.30. The molecule has 0 saturated carbocycles. The molecular formula is C11H19N3O2. The van der Waals surface area contributed by atoms with Gasteiger partial charge in [0.1, 0.15) is 0 Å². The average Bonchev–Trinajstić information content (AvgIpc) is 2.73. The lowest BCUT2D eigenvalue weighted by atomic mass is 10.3. The highest BCUT2D eigenvalue weighted by molar-refractivity contribution is 5.80. The van der Waals surface area contributed by atoms with Gasteiger partial charge in [-0.3, -0.25) is 9.59 Å². The van der Waals surface area contributed by atoms with E-state index in [1.807, 2.05) is 4.90 Å². The molecule has 0 radical (unpaired) electrons. The number of carbonyl (C=O) groups is 2. The van der Waals surface area contributed by atoms with Gasteiger partial charge in [-0.2, -0.15) is 0 Å². The van der Waals surface area contributed by atoms with Crippen LogP contribution in [0.15, 0.2) is 0 Å². The van der Waals surface area contributed by atoms with E-state index in [-0.39, 0.29) is 11.8 Å². The zero-order chi connectivity index (χ0) is 11.4. The van der Waals surface area contributed by atoms with Crippen molar-refractivity contribution in [1.29, 1.82) is 0 Å². The summed E-state index contributed by atoms with van der Waals surface area (Å²) in [7, 11) is 0. The predicted molar refractivity (Wildman–Crippen MR) is 59.9 cm³/mol. The molecule has 5 heteroatoms. The van der Waals surface area contributed by atoms with Crippen molar-refractivity contribution in [1.82, 2.24) is 15.1 Å². The van der Waals surface area contributed by atoms with Crippen molar-refractivity contribution in [2.24, 2.45) is 0 Å². The van der Waals surface area contributed by atoms with E-state index in [2.05, 4.69) is 5.32 Å². The molecule has 0 aromatic carbocycles. The number of piperazine rings is 1. The van der Waals surface area contributed by atoms with Crippen LogP contribution in [-0.2, 0) is 9.59 Å². The Labute approximate surface area is 95.8 Å². The van der Waals surface area contributed by atoms with Crippen molar-refractivity contribution in [2.75, 3.05) is 39.3 Å². The van der Waals surface area contributed by atoms with E-state index < -0.39 is 0 Å². The number of nitrogens with one attached hydrogen (secondary N) is 1. The van der Waals surface area contributed by atoms with Crippen LogP contribution in [0.3, 0.4) is 0 Å². The average molecular weight is 225 g/mol. The molecule has 0 spiro atoms. The third-order valence-corrected chi connectivity index (χ3v) is 3.24. The molecule has 0 aliphatic carbocycles. The number of likely N-dealkylation sites (tertiary alicyclic amines) is 1. The topological polar surface area (TPSA) is 52.7 Å². The van der Waals surface area contributed by atoms with Gasteiger partial charge < -0.3 is 15.1 Å². The summed E-state index contributed by atoms with van der Waals surface area (Å²) in [6, 6.07) is 0. The third-order valence-electron chi connectivity index (χ3n) is 3.24. The van der Waals surface area contributed by atoms with Gasteiger partial charge in [-0.15, -0.1) is 0 Å². The molecule has 2 amide bonds. The molecule has 2 aliphatic heterocycles. The van der Waals surface area contributed by atoms with Crippen LogP contribution < -0.4 is 5.32 Å². The number of nitrogens with zero attached hydrogens (tertiary/aromatic N) is 2. The zero-order valence-electron chi connectivity index (χ0n) is 9.57. The Bertz CT molecular complexity index is 274. The summed E-state index contributed by atoms with van der Waals surface area (Å²) in [5.74, 6) is 0.384. The van der Waals surface area contributed by atoms with E-state index in [4.69, 9.17) is 0 Å². The van der Waals surface area contributed by atoms with Crippen molar-refractivity contribution in [3.05, 3.63) is 0 Å². The number of carbonyl (C=O) groups excluding carboxylic acids is 2. The smallest absolute Gasteiger partial charge is 0.224 e. The maximum atomic E-state index is 11.8. The Morgan fingerprint density at radius 3 is 2.62 bits per heavy atom. The van der Waals surface area contributed by atoms with Crippen molar-refractivity contribution < 1.29 is 9.59 Å². The van der Waals surface area contributed by atoms with Crippen molar-refractivity contribution >= 4 is 11.8 Å². The Morgan fingerprint density at radius 1 is 1.25 bits per heavy atom. The first kappa shape index (κ1) is 11.4. The monoisotopic (exact) mass is 225 g/mol. The van der Waals surface area contributed by atoms with E-state index in [1.165, 1.54) is 0 Å². The Balaban J connectivity index is 1.72. The number of amides is 2. The minimum absolute atomic E-state index is 0.182. The van der Waals surface area contributed by atoms with Crippen LogP contribution in [0.4, 0.5) is 0 Å². The van der Waals surface area contributed by atoms with Gasteiger partial charge in [0.25, 0.3) is 0 Å². The van der Waals surface area contributed by atoms with E-state index >= 15 is 0 Å². The van der Waals surface area contributed by atoms with Crippen LogP contribution in [0.25, 0.3) is 0 Å². The summed E-state index contributed by atoms with van der Waals surface area (Å²) < 4.78 is 0. The summed E-state index contributed by atoms with van der Waals surface area (Å²) in [6.07, 6.45) is 2.08. The number of hydrogen-bond acceptors (Lipinski definition) is 3. The molecule has 0 unspecified atom stereocenters. The maximum Gasteiger partial charge on any atom is 0.224 e. The molecule has 0 aromatic rings. The molecule has 2 rings (SSSR count). The van der Waals surface area contributed by atoms with Crippen LogP contribution in [-0.4, -0.2) is 60.9 Å². The zero-order valence-corrected chi connectivity index (χ0v) is 9.57. The second-order valence-corrected chi connectivity index (χ2v) is 4.37. The number of rotatable bonds is 3. The predicted octanol–water partition coefficient (Wildman–Crippen LogP) is -0.569. The van der Waals surface area contributed by atoms with Gasteiger partial charge >= 0.3 is 0 Å². The maximum absolute atomic E-state index is 11.8. The fraction of sp³-hybridized carbons (Fsp3) is 0.818. The highest BCUT2D eigenvalue weighted by atomic mass is 16.2. The Morgan fingerprint density at radius 2 is 2.00 bits per heavy atom. The van der Waals surface area contributed by atoms with E-state index in [9.17, 15) is 9.59 Å². The summed E-state index contributed by atoms with van der Waals surface area (Å²) in [5.41, 5.74) is 0. The quantitative estimate of drug-likeness (QED) is 0.700. The summed E-state index contributed by atoms with van der Waals surface area (Å²) in [6.45, 7) is 4.79. The minimum atomic E-state index is 0.182. The van der Waals surface area contributed by atoms with Crippen molar-refractivity contribution in [2.45, 2.75) is 19.3 Å². The fourth-order valence-corrected chi connectivity index (χ4v) is 2.24. The molecule has 0 aromatic heterocycles. The van der Waals surface area contributed by atoms with Gasteiger partial charge in [0, 0.05) is 52.1 Å². The van der Waals surface area contributed by atoms with Crippen LogP contribution in [0.5, 0.6) is 0 Å². The molecule has 2 saturated heterocycles. The van der Waals surface area contributed by atoms with Gasteiger partial charge in [-0.25, -0.2) is 0 Å². The number of hydrogen-bond donors (Lipinski definition) is 1. The summed E-state index contributed by atoms with van der Waals surface area (Å²) in [5, 5.41) is 3.22. The lowest BCUT2D eigenvalue weighted by Gasteiger charge is -2.28. The van der Waals surface area contributed by atoms with Crippen LogP contribution in [0.2, 0.25) is 0 Å². The first-order chi connectivity index (χ1) is 7.77. The Kier molecular flexibility index (Phi) is 3.77. The van der Waals surface area contributed by atoms with Gasteiger partial charge in [-0.05, 0) is 6.42 Å². The van der Waals surface area contributed by atoms with Gasteiger partial charge in [0.05, 0.1) is 0 Å². The highest BCUT2D eigenvalue weighted by Crippen LogP contribution is 2.10. The molecule has 16 heavy (non-hydrogen) atoms. The van der Waals surface area contributed by atoms with Crippen LogP contribution in [0.1, 0.15) is 19.3 Å². The fourth-order valence-electron chi connectivity index (χ4n) is 2.24. The standard InChI is InChI=1S/C11H19N3O2/c15-10-2-1-6-13(10)7-3-11(16)14-8-4-12-5-9-14/h12H,1-9H2. The summed E-state index contributed by atoms with van der Waals surface area (Å²) in [4.78, 5) is 26.9. The molecule has 90 valence electrons. The molecule has 2 aliphatic rings. The molecule has 1 N–H and O–H groups in total. The first-order valence-corrected chi connectivity index (χ1v) is 6.03. The molecular weight excluding hydrogens is 206 g/mol. The van der Waals surface area contributed by atoms with Crippen molar-refractivity contribution in [3.8, 4) is 0 Å². The van der Waals surface area contributed by atoms with Crippen LogP contribution in [0, 0.1) is 0 Å². The van der Waals surface area contributed by atoms with Gasteiger partial charge in [0.2, 0.25) is 11.8 Å². The third kappa shape index (κ3) is 2.72. The van der Waals surface area contributed by atoms with Gasteiger partial charge in [-0.1, -0.05) is 0 Å². The van der Waals surface area contributed by atoms with E-state index in [0.29, 0.717) is 19.4 Å². The lowest BCUT2D eigenvalue weighted by Crippen LogP contribution is -2.47. The van der Waals surface area contributed by atoms with Gasteiger partial charge in [0.15, 0.2) is 0 Å². The first-order valence-electron chi connectivity index (χ1n) is 6.03. The normalized spacial score (nSPS) is 21.6. The van der Waals surface area contributed by atoms with E-state index in [1.54, 1.807) is 4.90 Å². The molecule has 2 heterocycles. The molecule has 0 atom stereocenters. The molecule has 0 bridgehead atoms. The summed E-state index contributed by atoms with van der Waals surface area (Å²) >= 11 is 0. The second-order valence-electron chi connectivity index (χ2n) is 4.37. The largest absolute Gasteiger partial charge is 0.342 e.